The van der Waals surface area contributed by atoms with Crippen LogP contribution in [-0.4, -0.2) is 25.2 Å². The van der Waals surface area contributed by atoms with Crippen molar-refractivity contribution in [1.82, 2.24) is 24.4 Å². The third kappa shape index (κ3) is 5.34. The summed E-state index contributed by atoms with van der Waals surface area (Å²) in [5.41, 5.74) is 3.85. The summed E-state index contributed by atoms with van der Waals surface area (Å²) in [4.78, 5) is 45.0. The molecule has 35 heavy (non-hydrogen) atoms. The zero-order valence-corrected chi connectivity index (χ0v) is 19.9. The number of amides is 1. The smallest absolute Gasteiger partial charge is 0.407 e. The normalized spacial score (nSPS) is 11.0. The van der Waals surface area contributed by atoms with E-state index in [9.17, 15) is 14.4 Å². The lowest BCUT2D eigenvalue weighted by atomic mass is 10.1. The van der Waals surface area contributed by atoms with Crippen molar-refractivity contribution < 1.29 is 9.53 Å². The van der Waals surface area contributed by atoms with Gasteiger partial charge >= 0.3 is 11.8 Å². The number of fused-ring (bicyclic) bond motifs is 1. The molecule has 0 aliphatic heterocycles. The Labute approximate surface area is 202 Å². The van der Waals surface area contributed by atoms with Gasteiger partial charge in [-0.2, -0.15) is 0 Å². The summed E-state index contributed by atoms with van der Waals surface area (Å²) in [5, 5.41) is 2.71. The van der Waals surface area contributed by atoms with Crippen molar-refractivity contribution in [2.45, 2.75) is 52.9 Å². The number of nitrogens with one attached hydrogen (secondary N) is 2. The molecule has 0 aliphatic rings. The quantitative estimate of drug-likeness (QED) is 0.383. The van der Waals surface area contributed by atoms with Crippen LogP contribution in [0.25, 0.3) is 22.3 Å². The molecular formula is C26H29N5O4. The van der Waals surface area contributed by atoms with Crippen molar-refractivity contribution in [2.24, 2.45) is 0 Å². The molecule has 2 N–H and O–H groups in total. The van der Waals surface area contributed by atoms with Gasteiger partial charge in [-0.05, 0) is 47.7 Å². The van der Waals surface area contributed by atoms with E-state index >= 15 is 0 Å². The molecule has 0 saturated heterocycles. The van der Waals surface area contributed by atoms with E-state index in [0.717, 1.165) is 28.8 Å². The second-order valence-electron chi connectivity index (χ2n) is 8.32. The molecule has 0 bridgehead atoms. The molecule has 3 aromatic heterocycles. The molecule has 3 heterocycles. The minimum atomic E-state index is -0.501. The number of aromatic nitrogens is 4. The van der Waals surface area contributed by atoms with Crippen LogP contribution < -0.4 is 16.6 Å². The van der Waals surface area contributed by atoms with Gasteiger partial charge in [-0.3, -0.25) is 18.9 Å². The molecule has 0 fully saturated rings. The number of hydrogen-bond donors (Lipinski definition) is 2. The van der Waals surface area contributed by atoms with Gasteiger partial charge < -0.3 is 15.0 Å². The number of pyridine rings is 1. The number of alkyl carbamates (subject to hydrolysis) is 1. The highest BCUT2D eigenvalue weighted by atomic mass is 16.5. The molecule has 0 radical (unpaired) electrons. The summed E-state index contributed by atoms with van der Waals surface area (Å²) >= 11 is 0. The van der Waals surface area contributed by atoms with Crippen molar-refractivity contribution in [3.05, 3.63) is 86.8 Å². The first-order valence-electron chi connectivity index (χ1n) is 11.8. The minimum absolute atomic E-state index is 0.132. The fraction of sp³-hybridized carbons (Fsp3) is 0.308. The third-order valence-electron chi connectivity index (χ3n) is 5.72. The van der Waals surface area contributed by atoms with E-state index in [4.69, 9.17) is 4.74 Å². The van der Waals surface area contributed by atoms with Gasteiger partial charge in [0, 0.05) is 37.7 Å². The molecule has 182 valence electrons. The first kappa shape index (κ1) is 24.0. The first-order chi connectivity index (χ1) is 17.0. The highest BCUT2D eigenvalue weighted by Crippen LogP contribution is 2.23. The van der Waals surface area contributed by atoms with Crippen LogP contribution in [0.5, 0.6) is 0 Å². The molecule has 0 aliphatic carbocycles. The molecule has 4 rings (SSSR count). The fourth-order valence-electron chi connectivity index (χ4n) is 3.96. The van der Waals surface area contributed by atoms with Crippen LogP contribution in [0.3, 0.4) is 0 Å². The Morgan fingerprint density at radius 1 is 0.971 bits per heavy atom. The first-order valence-corrected chi connectivity index (χ1v) is 11.8. The molecule has 0 spiro atoms. The summed E-state index contributed by atoms with van der Waals surface area (Å²) < 4.78 is 8.27. The number of H-pyrrole nitrogens is 1. The highest BCUT2D eigenvalue weighted by molar-refractivity contribution is 5.82. The molecular weight excluding hydrogens is 446 g/mol. The number of benzene rings is 1. The fourth-order valence-corrected chi connectivity index (χ4v) is 3.96. The number of aryl methyl sites for hydroxylation is 1. The lowest BCUT2D eigenvalue weighted by molar-refractivity contribution is 0.139. The molecule has 0 saturated carbocycles. The average Bonchev–Trinajstić information content (AvgIpc) is 3.33. The van der Waals surface area contributed by atoms with E-state index in [0.29, 0.717) is 37.1 Å². The average molecular weight is 476 g/mol. The van der Waals surface area contributed by atoms with E-state index in [1.807, 2.05) is 56.3 Å². The second kappa shape index (κ2) is 10.9. The zero-order chi connectivity index (χ0) is 24.8. The van der Waals surface area contributed by atoms with Crippen LogP contribution >= 0.6 is 0 Å². The molecule has 1 amide bonds. The standard InChI is InChI=1S/C26H29N5O4/c1-3-13-30-22-15-21(29-23(22)24(32)31(14-4-2)26(30)34)20-7-5-19(6-8-20)17-35-25(33)28-16-18-9-11-27-12-10-18/h5-12,15,29H,3-4,13-14,16-17H2,1-2H3,(H,28,33). The Morgan fingerprint density at radius 3 is 2.34 bits per heavy atom. The Balaban J connectivity index is 1.49. The van der Waals surface area contributed by atoms with E-state index in [-0.39, 0.29) is 17.9 Å². The monoisotopic (exact) mass is 475 g/mol. The molecule has 0 unspecified atom stereocenters. The topological polar surface area (TPSA) is 111 Å². The van der Waals surface area contributed by atoms with Crippen LogP contribution in [0, 0.1) is 0 Å². The number of carbonyl (C=O) groups is 1. The van der Waals surface area contributed by atoms with Gasteiger partial charge in [0.2, 0.25) is 0 Å². The number of carbonyl (C=O) groups excluding carboxylic acids is 1. The van der Waals surface area contributed by atoms with E-state index < -0.39 is 6.09 Å². The largest absolute Gasteiger partial charge is 0.445 e. The zero-order valence-electron chi connectivity index (χ0n) is 19.9. The van der Waals surface area contributed by atoms with Gasteiger partial charge in [-0.15, -0.1) is 0 Å². The molecule has 9 nitrogen and oxygen atoms in total. The maximum Gasteiger partial charge on any atom is 0.407 e. The van der Waals surface area contributed by atoms with Crippen molar-refractivity contribution in [3.63, 3.8) is 0 Å². The summed E-state index contributed by atoms with van der Waals surface area (Å²) in [7, 11) is 0. The SMILES string of the molecule is CCCn1c(=O)c2[nH]c(-c3ccc(COC(=O)NCc4ccncc4)cc3)cc2n(CCC)c1=O. The van der Waals surface area contributed by atoms with Gasteiger partial charge in [-0.1, -0.05) is 38.1 Å². The van der Waals surface area contributed by atoms with Crippen LogP contribution in [0.15, 0.2) is 64.4 Å². The number of hydrogen-bond acceptors (Lipinski definition) is 5. The summed E-state index contributed by atoms with van der Waals surface area (Å²) in [6.07, 6.45) is 4.32. The number of aromatic amines is 1. The van der Waals surface area contributed by atoms with Crippen molar-refractivity contribution >= 4 is 17.1 Å². The lowest BCUT2D eigenvalue weighted by Crippen LogP contribution is -2.39. The lowest BCUT2D eigenvalue weighted by Gasteiger charge is -2.10. The molecule has 0 atom stereocenters. The van der Waals surface area contributed by atoms with Gasteiger partial charge in [0.05, 0.1) is 5.52 Å². The highest BCUT2D eigenvalue weighted by Gasteiger charge is 2.16. The summed E-state index contributed by atoms with van der Waals surface area (Å²) in [6, 6.07) is 13.0. The number of rotatable bonds is 9. The Bertz CT molecular complexity index is 1420. The molecule has 4 aromatic rings. The number of nitrogens with zero attached hydrogens (tertiary/aromatic N) is 3. The Kier molecular flexibility index (Phi) is 7.45. The van der Waals surface area contributed by atoms with Gasteiger partial charge in [0.25, 0.3) is 5.56 Å². The van der Waals surface area contributed by atoms with E-state index in [1.165, 1.54) is 4.57 Å². The molecule has 9 heteroatoms. The number of ether oxygens (including phenoxy) is 1. The summed E-state index contributed by atoms with van der Waals surface area (Å²) in [6.45, 7) is 5.36. The Morgan fingerprint density at radius 2 is 1.66 bits per heavy atom. The van der Waals surface area contributed by atoms with Gasteiger partial charge in [0.1, 0.15) is 12.1 Å². The van der Waals surface area contributed by atoms with Crippen molar-refractivity contribution in [3.8, 4) is 11.3 Å². The van der Waals surface area contributed by atoms with E-state index in [1.54, 1.807) is 17.0 Å². The van der Waals surface area contributed by atoms with Gasteiger partial charge in [0.15, 0.2) is 0 Å². The van der Waals surface area contributed by atoms with Crippen molar-refractivity contribution in [1.29, 1.82) is 0 Å². The van der Waals surface area contributed by atoms with Crippen LogP contribution in [0.2, 0.25) is 0 Å². The van der Waals surface area contributed by atoms with Crippen LogP contribution in [0.4, 0.5) is 4.79 Å². The molecule has 1 aromatic carbocycles. The van der Waals surface area contributed by atoms with Crippen molar-refractivity contribution in [2.75, 3.05) is 0 Å². The second-order valence-corrected chi connectivity index (χ2v) is 8.32. The predicted octanol–water partition coefficient (Wildman–Crippen LogP) is 3.80. The van der Waals surface area contributed by atoms with Crippen LogP contribution in [-0.2, 0) is 31.0 Å². The minimum Gasteiger partial charge on any atom is -0.445 e. The van der Waals surface area contributed by atoms with Crippen LogP contribution in [0.1, 0.15) is 37.8 Å². The maximum absolute atomic E-state index is 12.9. The third-order valence-corrected chi connectivity index (χ3v) is 5.72. The maximum atomic E-state index is 12.9. The van der Waals surface area contributed by atoms with E-state index in [2.05, 4.69) is 15.3 Å². The van der Waals surface area contributed by atoms with Gasteiger partial charge in [-0.25, -0.2) is 9.59 Å². The Hall–Kier alpha value is -4.14. The summed E-state index contributed by atoms with van der Waals surface area (Å²) in [5.74, 6) is 0. The predicted molar refractivity (Wildman–Crippen MR) is 134 cm³/mol.